The number of carbonyl (C=O) groups is 2. The summed E-state index contributed by atoms with van der Waals surface area (Å²) in [7, 11) is 0. The van der Waals surface area contributed by atoms with Gasteiger partial charge in [-0.1, -0.05) is 65.7 Å². The summed E-state index contributed by atoms with van der Waals surface area (Å²) < 4.78 is 0. The van der Waals surface area contributed by atoms with Crippen LogP contribution in [0.3, 0.4) is 0 Å². The second-order valence-electron chi connectivity index (χ2n) is 7.25. The van der Waals surface area contributed by atoms with Crippen molar-refractivity contribution >= 4 is 58.3 Å². The fraction of sp³-hybridized carbons (Fsp3) is 0.0385. The second kappa shape index (κ2) is 11.2. The Morgan fingerprint density at radius 2 is 1.59 bits per heavy atom. The number of aromatic nitrogens is 1. The van der Waals surface area contributed by atoms with Gasteiger partial charge in [0.25, 0.3) is 5.91 Å². The van der Waals surface area contributed by atoms with Crippen molar-refractivity contribution in [3.63, 3.8) is 0 Å². The highest BCUT2D eigenvalue weighted by atomic mass is 35.5. The Labute approximate surface area is 211 Å². The van der Waals surface area contributed by atoms with Crippen LogP contribution >= 0.6 is 35.0 Å². The molecule has 1 heterocycles. The van der Waals surface area contributed by atoms with Crippen LogP contribution in [0.25, 0.3) is 0 Å². The van der Waals surface area contributed by atoms with E-state index in [0.717, 1.165) is 10.5 Å². The average molecular weight is 508 g/mol. The van der Waals surface area contributed by atoms with E-state index in [9.17, 15) is 9.59 Å². The Hall–Kier alpha value is -3.32. The topological polar surface area (TPSA) is 71.1 Å². The van der Waals surface area contributed by atoms with Gasteiger partial charge in [-0.05, 0) is 54.1 Å². The van der Waals surface area contributed by atoms with E-state index >= 15 is 0 Å². The van der Waals surface area contributed by atoms with Crippen LogP contribution in [0, 0.1) is 0 Å². The van der Waals surface area contributed by atoms with Crippen molar-refractivity contribution in [1.82, 2.24) is 4.98 Å². The first kappa shape index (κ1) is 23.8. The summed E-state index contributed by atoms with van der Waals surface area (Å²) >= 11 is 13.3. The van der Waals surface area contributed by atoms with E-state index in [1.165, 1.54) is 18.0 Å². The van der Waals surface area contributed by atoms with Gasteiger partial charge in [-0.15, -0.1) is 11.8 Å². The molecule has 2 N–H and O–H groups in total. The lowest BCUT2D eigenvalue weighted by molar-refractivity contribution is -0.115. The first-order valence-electron chi connectivity index (χ1n) is 10.3. The number of carbonyl (C=O) groups excluding carboxylic acids is 2. The smallest absolute Gasteiger partial charge is 0.255 e. The van der Waals surface area contributed by atoms with Crippen LogP contribution in [0.1, 0.15) is 21.2 Å². The van der Waals surface area contributed by atoms with E-state index in [1.807, 2.05) is 48.5 Å². The fourth-order valence-corrected chi connectivity index (χ4v) is 4.54. The van der Waals surface area contributed by atoms with Gasteiger partial charge < -0.3 is 10.6 Å². The van der Waals surface area contributed by atoms with Gasteiger partial charge in [0, 0.05) is 27.4 Å². The maximum Gasteiger partial charge on any atom is 0.255 e. The standard InChI is InChI=1S/C26H19Cl2N3O2S/c27-19-9-4-8-18(14-19)25(32)30-21-10-5-11-22(15-21)34-24(17-6-2-1-3-7-17)26(33)31-23-13-12-20(28)16-29-23/h1-16,24H,(H,30,32)(H,29,31,33). The van der Waals surface area contributed by atoms with Gasteiger partial charge in [0.2, 0.25) is 5.91 Å². The maximum absolute atomic E-state index is 13.2. The van der Waals surface area contributed by atoms with Gasteiger partial charge in [0.1, 0.15) is 11.1 Å². The van der Waals surface area contributed by atoms with Crippen molar-refractivity contribution in [1.29, 1.82) is 0 Å². The molecular weight excluding hydrogens is 489 g/mol. The number of amides is 2. The van der Waals surface area contributed by atoms with Crippen LogP contribution in [0.4, 0.5) is 11.5 Å². The number of hydrogen-bond acceptors (Lipinski definition) is 4. The molecule has 2 amide bonds. The molecule has 0 radical (unpaired) electrons. The Morgan fingerprint density at radius 1 is 0.794 bits per heavy atom. The van der Waals surface area contributed by atoms with Gasteiger partial charge in [0.05, 0.1) is 5.02 Å². The molecule has 0 aliphatic heterocycles. The SMILES string of the molecule is O=C(Nc1cccc(SC(C(=O)Nc2ccc(Cl)cn2)c2ccccc2)c1)c1cccc(Cl)c1. The number of nitrogens with one attached hydrogen (secondary N) is 2. The molecule has 1 atom stereocenters. The number of nitrogens with zero attached hydrogens (tertiary/aromatic N) is 1. The number of thioether (sulfide) groups is 1. The molecule has 1 aromatic heterocycles. The maximum atomic E-state index is 13.2. The zero-order chi connectivity index (χ0) is 23.9. The molecule has 4 aromatic rings. The summed E-state index contributed by atoms with van der Waals surface area (Å²) in [6.07, 6.45) is 1.48. The highest BCUT2D eigenvalue weighted by Crippen LogP contribution is 2.37. The van der Waals surface area contributed by atoms with Crippen LogP contribution in [0.15, 0.2) is 102 Å². The molecule has 0 spiro atoms. The molecule has 170 valence electrons. The molecule has 4 rings (SSSR count). The lowest BCUT2D eigenvalue weighted by Gasteiger charge is -2.17. The van der Waals surface area contributed by atoms with E-state index in [4.69, 9.17) is 23.2 Å². The molecule has 34 heavy (non-hydrogen) atoms. The normalized spacial score (nSPS) is 11.5. The predicted octanol–water partition coefficient (Wildman–Crippen LogP) is 7.11. The molecule has 0 saturated heterocycles. The molecule has 5 nitrogen and oxygen atoms in total. The monoisotopic (exact) mass is 507 g/mol. The minimum atomic E-state index is -0.544. The third-order valence-electron chi connectivity index (χ3n) is 4.75. The highest BCUT2D eigenvalue weighted by molar-refractivity contribution is 8.00. The van der Waals surface area contributed by atoms with Gasteiger partial charge >= 0.3 is 0 Å². The van der Waals surface area contributed by atoms with E-state index in [1.54, 1.807) is 42.5 Å². The molecule has 0 saturated carbocycles. The van der Waals surface area contributed by atoms with E-state index in [0.29, 0.717) is 27.1 Å². The molecule has 0 aliphatic carbocycles. The van der Waals surface area contributed by atoms with Gasteiger partial charge in [-0.2, -0.15) is 0 Å². The molecule has 3 aromatic carbocycles. The van der Waals surface area contributed by atoms with Gasteiger partial charge in [0.15, 0.2) is 0 Å². The minimum Gasteiger partial charge on any atom is -0.322 e. The number of anilines is 2. The van der Waals surface area contributed by atoms with Crippen molar-refractivity contribution < 1.29 is 9.59 Å². The number of benzene rings is 3. The quantitative estimate of drug-likeness (QED) is 0.261. The van der Waals surface area contributed by atoms with Crippen LogP contribution in [-0.4, -0.2) is 16.8 Å². The lowest BCUT2D eigenvalue weighted by Crippen LogP contribution is -2.19. The summed E-state index contributed by atoms with van der Waals surface area (Å²) in [6.45, 7) is 0. The number of hydrogen-bond donors (Lipinski definition) is 2. The van der Waals surface area contributed by atoms with E-state index in [2.05, 4.69) is 15.6 Å². The van der Waals surface area contributed by atoms with Crippen molar-refractivity contribution in [2.45, 2.75) is 10.1 Å². The molecular formula is C26H19Cl2N3O2S. The fourth-order valence-electron chi connectivity index (χ4n) is 3.16. The summed E-state index contributed by atoms with van der Waals surface area (Å²) in [6, 6.07) is 26.9. The molecule has 1 unspecified atom stereocenters. The molecule has 8 heteroatoms. The second-order valence-corrected chi connectivity index (χ2v) is 9.30. The van der Waals surface area contributed by atoms with Gasteiger partial charge in [-0.3, -0.25) is 9.59 Å². The average Bonchev–Trinajstić information content (AvgIpc) is 2.84. The third-order valence-corrected chi connectivity index (χ3v) is 6.46. The van der Waals surface area contributed by atoms with Crippen molar-refractivity contribution in [2.24, 2.45) is 0 Å². The Bertz CT molecular complexity index is 1300. The van der Waals surface area contributed by atoms with Crippen LogP contribution in [0.2, 0.25) is 10.0 Å². The minimum absolute atomic E-state index is 0.223. The molecule has 0 bridgehead atoms. The number of pyridine rings is 1. The molecule has 0 fully saturated rings. The largest absolute Gasteiger partial charge is 0.322 e. The summed E-state index contributed by atoms with van der Waals surface area (Å²) in [4.78, 5) is 30.8. The number of rotatable bonds is 7. The Morgan fingerprint density at radius 3 is 2.32 bits per heavy atom. The highest BCUT2D eigenvalue weighted by Gasteiger charge is 2.23. The lowest BCUT2D eigenvalue weighted by atomic mass is 10.1. The zero-order valence-corrected chi connectivity index (χ0v) is 20.1. The summed E-state index contributed by atoms with van der Waals surface area (Å²) in [5, 5.41) is 6.16. The Kier molecular flexibility index (Phi) is 7.85. The molecule has 0 aliphatic rings. The Balaban J connectivity index is 1.53. The van der Waals surface area contributed by atoms with E-state index in [-0.39, 0.29) is 11.8 Å². The predicted molar refractivity (Wildman–Crippen MR) is 139 cm³/mol. The van der Waals surface area contributed by atoms with Gasteiger partial charge in [-0.25, -0.2) is 4.98 Å². The first-order valence-corrected chi connectivity index (χ1v) is 11.9. The van der Waals surface area contributed by atoms with Crippen molar-refractivity contribution in [3.8, 4) is 0 Å². The van der Waals surface area contributed by atoms with Crippen molar-refractivity contribution in [2.75, 3.05) is 10.6 Å². The van der Waals surface area contributed by atoms with E-state index < -0.39 is 5.25 Å². The zero-order valence-electron chi connectivity index (χ0n) is 17.7. The third kappa shape index (κ3) is 6.38. The van der Waals surface area contributed by atoms with Crippen molar-refractivity contribution in [3.05, 3.63) is 118 Å². The summed E-state index contributed by atoms with van der Waals surface area (Å²) in [5.41, 5.74) is 1.91. The number of halogens is 2. The van der Waals surface area contributed by atoms with Crippen LogP contribution in [0.5, 0.6) is 0 Å². The first-order chi connectivity index (χ1) is 16.5. The van der Waals surface area contributed by atoms with Crippen LogP contribution < -0.4 is 10.6 Å². The summed E-state index contributed by atoms with van der Waals surface area (Å²) in [5.74, 6) is -0.0753. The van der Waals surface area contributed by atoms with Crippen LogP contribution in [-0.2, 0) is 4.79 Å².